The van der Waals surface area contributed by atoms with Crippen LogP contribution in [0.5, 0.6) is 5.75 Å². The molecule has 1 aromatic rings. The van der Waals surface area contributed by atoms with E-state index in [1.165, 1.54) is 25.9 Å². The summed E-state index contributed by atoms with van der Waals surface area (Å²) in [6.45, 7) is 7.99. The van der Waals surface area contributed by atoms with Crippen molar-refractivity contribution in [2.24, 2.45) is 0 Å². The Morgan fingerprint density at radius 1 is 1.21 bits per heavy atom. The number of hydrogen-bond donors (Lipinski definition) is 1. The second kappa shape index (κ2) is 9.14. The van der Waals surface area contributed by atoms with Crippen molar-refractivity contribution in [3.05, 3.63) is 23.2 Å². The first kappa shape index (κ1) is 20.9. The van der Waals surface area contributed by atoms with Crippen LogP contribution in [0.15, 0.2) is 18.2 Å². The third-order valence-electron chi connectivity index (χ3n) is 5.32. The Kier molecular flexibility index (Phi) is 6.83. The number of carbonyl (C=O) groups is 2. The van der Waals surface area contributed by atoms with Crippen molar-refractivity contribution in [1.29, 1.82) is 0 Å². The molecular formula is C21H30ClN3O3. The van der Waals surface area contributed by atoms with Crippen molar-refractivity contribution in [2.75, 3.05) is 37.6 Å². The van der Waals surface area contributed by atoms with E-state index >= 15 is 0 Å². The molecule has 6 nitrogen and oxygen atoms in total. The Hall–Kier alpha value is -1.79. The zero-order valence-electron chi connectivity index (χ0n) is 16.8. The number of rotatable bonds is 8. The molecule has 0 atom stereocenters. The Bertz CT molecular complexity index is 717. The fourth-order valence-electron chi connectivity index (χ4n) is 3.76. The fourth-order valence-corrected chi connectivity index (χ4v) is 3.93. The van der Waals surface area contributed by atoms with Crippen LogP contribution in [0, 0.1) is 0 Å². The van der Waals surface area contributed by atoms with E-state index in [0.717, 1.165) is 19.4 Å². The van der Waals surface area contributed by atoms with Crippen LogP contribution in [-0.2, 0) is 9.59 Å². The zero-order chi connectivity index (χ0) is 20.1. The minimum absolute atomic E-state index is 0.0400. The number of nitrogens with zero attached hydrogens (tertiary/aromatic N) is 2. The number of nitrogens with one attached hydrogen (secondary N) is 1. The van der Waals surface area contributed by atoms with Crippen LogP contribution in [0.3, 0.4) is 0 Å². The predicted octanol–water partition coefficient (Wildman–Crippen LogP) is 3.23. The van der Waals surface area contributed by atoms with Gasteiger partial charge in [0.05, 0.1) is 5.69 Å². The number of anilines is 1. The van der Waals surface area contributed by atoms with Crippen molar-refractivity contribution in [3.8, 4) is 5.75 Å². The highest BCUT2D eigenvalue weighted by atomic mass is 35.5. The van der Waals surface area contributed by atoms with Gasteiger partial charge in [0.25, 0.3) is 5.91 Å². The number of hydrogen-bond acceptors (Lipinski definition) is 4. The van der Waals surface area contributed by atoms with Gasteiger partial charge in [-0.05, 0) is 77.4 Å². The third kappa shape index (κ3) is 5.17. The molecule has 154 valence electrons. The summed E-state index contributed by atoms with van der Waals surface area (Å²) in [7, 11) is 0. The van der Waals surface area contributed by atoms with Gasteiger partial charge in [-0.3, -0.25) is 9.59 Å². The lowest BCUT2D eigenvalue weighted by molar-refractivity contribution is -0.132. The van der Waals surface area contributed by atoms with Crippen LogP contribution in [0.2, 0.25) is 5.02 Å². The van der Waals surface area contributed by atoms with Crippen LogP contribution in [0.1, 0.15) is 46.0 Å². The molecule has 2 heterocycles. The third-order valence-corrected chi connectivity index (χ3v) is 5.56. The Labute approximate surface area is 172 Å². The zero-order valence-corrected chi connectivity index (χ0v) is 17.6. The Morgan fingerprint density at radius 3 is 2.71 bits per heavy atom. The topological polar surface area (TPSA) is 61.9 Å². The van der Waals surface area contributed by atoms with E-state index in [9.17, 15) is 9.59 Å². The highest BCUT2D eigenvalue weighted by molar-refractivity contribution is 6.31. The first-order chi connectivity index (χ1) is 13.4. The number of carbonyl (C=O) groups excluding carboxylic acids is 2. The second-order valence-corrected chi connectivity index (χ2v) is 8.47. The standard InChI is InChI=1S/C21H30ClN3O3/c1-21(2)20(27)25(17-15-16(22)7-8-18(17)28-21)14-9-19(26)23-10-3-4-11-24-12-5-6-13-24/h7-8,15H,3-6,9-14H2,1-2H3,(H,23,26). The smallest absolute Gasteiger partial charge is 0.270 e. The molecule has 0 saturated carbocycles. The summed E-state index contributed by atoms with van der Waals surface area (Å²) >= 11 is 6.09. The number of fused-ring (bicyclic) bond motifs is 1. The molecule has 0 aliphatic carbocycles. The molecule has 1 fully saturated rings. The average Bonchev–Trinajstić information content (AvgIpc) is 3.16. The minimum atomic E-state index is -0.965. The maximum absolute atomic E-state index is 12.8. The first-order valence-corrected chi connectivity index (χ1v) is 10.5. The van der Waals surface area contributed by atoms with Crippen LogP contribution < -0.4 is 15.0 Å². The lowest BCUT2D eigenvalue weighted by Gasteiger charge is -2.38. The number of benzene rings is 1. The van der Waals surface area contributed by atoms with E-state index in [-0.39, 0.29) is 18.2 Å². The summed E-state index contributed by atoms with van der Waals surface area (Å²) in [5.41, 5.74) is -0.345. The summed E-state index contributed by atoms with van der Waals surface area (Å²) in [6.07, 6.45) is 4.94. The van der Waals surface area contributed by atoms with Gasteiger partial charge in [0, 0.05) is 24.5 Å². The number of amides is 2. The summed E-state index contributed by atoms with van der Waals surface area (Å²) in [5.74, 6) is 0.402. The SMILES string of the molecule is CC1(C)Oc2ccc(Cl)cc2N(CCC(=O)NCCCCN2CCCC2)C1=O. The maximum Gasteiger partial charge on any atom is 0.270 e. The van der Waals surface area contributed by atoms with Crippen LogP contribution in [0.4, 0.5) is 5.69 Å². The van der Waals surface area contributed by atoms with E-state index < -0.39 is 5.60 Å². The summed E-state index contributed by atoms with van der Waals surface area (Å²) in [5, 5.41) is 3.50. The maximum atomic E-state index is 12.8. The van der Waals surface area contributed by atoms with Gasteiger partial charge in [0.2, 0.25) is 5.91 Å². The molecule has 2 aliphatic rings. The van der Waals surface area contributed by atoms with Gasteiger partial charge < -0.3 is 19.9 Å². The van der Waals surface area contributed by atoms with Crippen molar-refractivity contribution < 1.29 is 14.3 Å². The Morgan fingerprint density at radius 2 is 1.96 bits per heavy atom. The molecular weight excluding hydrogens is 378 g/mol. The van der Waals surface area contributed by atoms with Gasteiger partial charge in [-0.2, -0.15) is 0 Å². The lowest BCUT2D eigenvalue weighted by atomic mass is 10.0. The van der Waals surface area contributed by atoms with Gasteiger partial charge in [-0.15, -0.1) is 0 Å². The summed E-state index contributed by atoms with van der Waals surface area (Å²) in [4.78, 5) is 29.1. The molecule has 0 radical (unpaired) electrons. The first-order valence-electron chi connectivity index (χ1n) is 10.2. The van der Waals surface area contributed by atoms with E-state index in [4.69, 9.17) is 16.3 Å². The van der Waals surface area contributed by atoms with E-state index in [2.05, 4.69) is 10.2 Å². The molecule has 0 bridgehead atoms. The number of ether oxygens (including phenoxy) is 1. The Balaban J connectivity index is 1.47. The quantitative estimate of drug-likeness (QED) is 0.672. The van der Waals surface area contributed by atoms with Crippen molar-refractivity contribution in [3.63, 3.8) is 0 Å². The van der Waals surface area contributed by atoms with Crippen molar-refractivity contribution in [1.82, 2.24) is 10.2 Å². The predicted molar refractivity (Wildman–Crippen MR) is 111 cm³/mol. The van der Waals surface area contributed by atoms with Gasteiger partial charge in [0.15, 0.2) is 5.60 Å². The van der Waals surface area contributed by atoms with Crippen LogP contribution in [-0.4, -0.2) is 55.0 Å². The highest BCUT2D eigenvalue weighted by Crippen LogP contribution is 2.39. The van der Waals surface area contributed by atoms with Crippen LogP contribution in [0.25, 0.3) is 0 Å². The fraction of sp³-hybridized carbons (Fsp3) is 0.619. The molecule has 0 aromatic heterocycles. The normalized spacial score (nSPS) is 18.7. The molecule has 3 rings (SSSR count). The molecule has 7 heteroatoms. The molecule has 0 spiro atoms. The minimum Gasteiger partial charge on any atom is -0.476 e. The average molecular weight is 408 g/mol. The number of unbranched alkanes of at least 4 members (excludes halogenated alkanes) is 1. The summed E-state index contributed by atoms with van der Waals surface area (Å²) < 4.78 is 5.80. The van der Waals surface area contributed by atoms with E-state index in [1.807, 2.05) is 0 Å². The van der Waals surface area contributed by atoms with Gasteiger partial charge in [-0.1, -0.05) is 11.6 Å². The molecule has 1 saturated heterocycles. The molecule has 28 heavy (non-hydrogen) atoms. The number of halogens is 1. The highest BCUT2D eigenvalue weighted by Gasteiger charge is 2.40. The van der Waals surface area contributed by atoms with Gasteiger partial charge in [-0.25, -0.2) is 0 Å². The van der Waals surface area contributed by atoms with Crippen LogP contribution >= 0.6 is 11.6 Å². The molecule has 2 aliphatic heterocycles. The molecule has 0 unspecified atom stereocenters. The van der Waals surface area contributed by atoms with E-state index in [0.29, 0.717) is 29.5 Å². The van der Waals surface area contributed by atoms with E-state index in [1.54, 1.807) is 36.9 Å². The van der Waals surface area contributed by atoms with Crippen molar-refractivity contribution in [2.45, 2.75) is 51.6 Å². The molecule has 1 aromatic carbocycles. The largest absolute Gasteiger partial charge is 0.476 e. The number of likely N-dealkylation sites (tertiary alicyclic amines) is 1. The molecule has 1 N–H and O–H groups in total. The lowest BCUT2D eigenvalue weighted by Crippen LogP contribution is -2.53. The van der Waals surface area contributed by atoms with Gasteiger partial charge in [0.1, 0.15) is 5.75 Å². The second-order valence-electron chi connectivity index (χ2n) is 8.04. The van der Waals surface area contributed by atoms with Gasteiger partial charge >= 0.3 is 0 Å². The molecule has 2 amide bonds. The monoisotopic (exact) mass is 407 g/mol. The van der Waals surface area contributed by atoms with Crippen molar-refractivity contribution >= 4 is 29.1 Å². The summed E-state index contributed by atoms with van der Waals surface area (Å²) in [6, 6.07) is 5.21.